The van der Waals surface area contributed by atoms with Crippen molar-refractivity contribution in [2.24, 2.45) is 0 Å². The second-order valence-electron chi connectivity index (χ2n) is 5.09. The molecule has 0 unspecified atom stereocenters. The van der Waals surface area contributed by atoms with Crippen LogP contribution in [0.25, 0.3) is 6.08 Å². The van der Waals surface area contributed by atoms with Gasteiger partial charge in [-0.05, 0) is 35.9 Å². The highest BCUT2D eigenvalue weighted by Gasteiger charge is 2.10. The summed E-state index contributed by atoms with van der Waals surface area (Å²) < 4.78 is 15.3. The van der Waals surface area contributed by atoms with E-state index >= 15 is 0 Å². The molecule has 0 atom stereocenters. The van der Waals surface area contributed by atoms with Crippen LogP contribution in [0, 0.1) is 11.3 Å². The summed E-state index contributed by atoms with van der Waals surface area (Å²) in [5.74, 6) is 0.496. The number of nitrogens with one attached hydrogen (secondary N) is 1. The summed E-state index contributed by atoms with van der Waals surface area (Å²) >= 11 is 0. The van der Waals surface area contributed by atoms with E-state index in [0.717, 1.165) is 0 Å². The number of allylic oxidation sites excluding steroid dienone is 2. The number of carbonyl (C=O) groups is 1. The van der Waals surface area contributed by atoms with Crippen molar-refractivity contribution in [2.75, 3.05) is 14.2 Å². The van der Waals surface area contributed by atoms with Gasteiger partial charge in [0, 0.05) is 0 Å². The third-order valence-corrected chi connectivity index (χ3v) is 3.42. The normalized spacial score (nSPS) is 11.2. The summed E-state index contributed by atoms with van der Waals surface area (Å²) in [4.78, 5) is 12.0. The molecule has 0 aliphatic carbocycles. The number of methoxy groups -OCH3 is 2. The first kappa shape index (κ1) is 18.7. The Morgan fingerprint density at radius 1 is 1.35 bits per heavy atom. The average Bonchev–Trinajstić information content (AvgIpc) is 3.17. The van der Waals surface area contributed by atoms with Crippen molar-refractivity contribution in [3.63, 3.8) is 0 Å². The number of hydrogen-bond donors (Lipinski definition) is 2. The van der Waals surface area contributed by atoms with Crippen LogP contribution in [0.1, 0.15) is 11.3 Å². The van der Waals surface area contributed by atoms with Gasteiger partial charge in [0.15, 0.2) is 11.5 Å². The lowest BCUT2D eigenvalue weighted by atomic mass is 10.1. The number of hydrogen-bond acceptors (Lipinski definition) is 6. The van der Waals surface area contributed by atoms with E-state index in [1.165, 1.54) is 26.6 Å². The molecule has 1 aromatic carbocycles. The number of nitriles is 1. The van der Waals surface area contributed by atoms with Gasteiger partial charge in [-0.3, -0.25) is 4.79 Å². The topological polar surface area (TPSA) is 105 Å². The van der Waals surface area contributed by atoms with Crippen molar-refractivity contribution in [1.82, 2.24) is 5.32 Å². The minimum atomic E-state index is -0.505. The maximum atomic E-state index is 12.0. The van der Waals surface area contributed by atoms with Gasteiger partial charge in [-0.25, -0.2) is 0 Å². The van der Waals surface area contributed by atoms with Gasteiger partial charge in [0.05, 0.1) is 27.0 Å². The molecule has 0 radical (unpaired) electrons. The van der Waals surface area contributed by atoms with Crippen LogP contribution < -0.4 is 14.8 Å². The standard InChI is InChI=1S/C19H18N2O5/c1-24-16-9-13(10-17(25-2)18(16)22)5-3-6-14(11-20)19(23)21-12-15-7-4-8-26-15/h3-10,22H,12H2,1-2H3,(H,21,23). The zero-order valence-electron chi connectivity index (χ0n) is 14.4. The fourth-order valence-corrected chi connectivity index (χ4v) is 2.10. The first-order valence-electron chi connectivity index (χ1n) is 7.63. The molecule has 2 N–H and O–H groups in total. The zero-order valence-corrected chi connectivity index (χ0v) is 14.4. The number of carbonyl (C=O) groups excluding carboxylic acids is 1. The lowest BCUT2D eigenvalue weighted by Crippen LogP contribution is -2.23. The smallest absolute Gasteiger partial charge is 0.262 e. The highest BCUT2D eigenvalue weighted by Crippen LogP contribution is 2.37. The van der Waals surface area contributed by atoms with E-state index in [4.69, 9.17) is 19.2 Å². The van der Waals surface area contributed by atoms with E-state index in [-0.39, 0.29) is 29.4 Å². The summed E-state index contributed by atoms with van der Waals surface area (Å²) in [6, 6.07) is 8.49. The molecule has 0 saturated heterocycles. The van der Waals surface area contributed by atoms with Gasteiger partial charge in [0.2, 0.25) is 5.75 Å². The molecular formula is C19H18N2O5. The van der Waals surface area contributed by atoms with Gasteiger partial charge < -0.3 is 24.3 Å². The number of aromatic hydroxyl groups is 1. The highest BCUT2D eigenvalue weighted by atomic mass is 16.5. The third-order valence-electron chi connectivity index (χ3n) is 3.42. The molecule has 2 aromatic rings. The van der Waals surface area contributed by atoms with Crippen molar-refractivity contribution in [3.05, 3.63) is 59.6 Å². The summed E-state index contributed by atoms with van der Waals surface area (Å²) in [7, 11) is 2.86. The predicted molar refractivity (Wildman–Crippen MR) is 94.5 cm³/mol. The first-order chi connectivity index (χ1) is 12.6. The van der Waals surface area contributed by atoms with Crippen LogP contribution in [0.4, 0.5) is 0 Å². The molecular weight excluding hydrogens is 336 g/mol. The van der Waals surface area contributed by atoms with Crippen molar-refractivity contribution >= 4 is 12.0 Å². The Morgan fingerprint density at radius 2 is 2.04 bits per heavy atom. The number of phenols is 1. The minimum Gasteiger partial charge on any atom is -0.502 e. The average molecular weight is 354 g/mol. The van der Waals surface area contributed by atoms with Gasteiger partial charge in [-0.1, -0.05) is 12.2 Å². The van der Waals surface area contributed by atoms with E-state index < -0.39 is 5.91 Å². The van der Waals surface area contributed by atoms with Crippen LogP contribution in [0.15, 0.2) is 52.7 Å². The minimum absolute atomic E-state index is 0.0504. The molecule has 26 heavy (non-hydrogen) atoms. The van der Waals surface area contributed by atoms with Crippen LogP contribution in [-0.4, -0.2) is 25.2 Å². The van der Waals surface area contributed by atoms with E-state index in [1.54, 1.807) is 36.4 Å². The molecule has 0 saturated carbocycles. The van der Waals surface area contributed by atoms with Crippen LogP contribution in [0.2, 0.25) is 0 Å². The fraction of sp³-hybridized carbons (Fsp3) is 0.158. The van der Waals surface area contributed by atoms with Crippen LogP contribution in [0.5, 0.6) is 17.2 Å². The summed E-state index contributed by atoms with van der Waals surface area (Å²) in [5.41, 5.74) is 0.617. The molecule has 0 spiro atoms. The summed E-state index contributed by atoms with van der Waals surface area (Å²) in [6.45, 7) is 0.195. The molecule has 1 aromatic heterocycles. The van der Waals surface area contributed by atoms with Crippen molar-refractivity contribution < 1.29 is 23.8 Å². The van der Waals surface area contributed by atoms with Gasteiger partial charge in [-0.15, -0.1) is 0 Å². The molecule has 7 nitrogen and oxygen atoms in total. The van der Waals surface area contributed by atoms with E-state index in [0.29, 0.717) is 11.3 Å². The Kier molecular flexibility index (Phi) is 6.46. The predicted octanol–water partition coefficient (Wildman–Crippen LogP) is 2.78. The molecule has 1 amide bonds. The Hall–Kier alpha value is -3.66. The molecule has 0 fully saturated rings. The number of benzene rings is 1. The molecule has 0 aliphatic heterocycles. The number of phenolic OH excluding ortho intramolecular Hbond substituents is 1. The highest BCUT2D eigenvalue weighted by molar-refractivity contribution is 5.97. The monoisotopic (exact) mass is 354 g/mol. The SMILES string of the molecule is COc1cc(C=CC=C(C#N)C(=O)NCc2ccco2)cc(OC)c1O. The first-order valence-corrected chi connectivity index (χ1v) is 7.63. The quantitative estimate of drug-likeness (QED) is 0.450. The number of rotatable bonds is 7. The molecule has 1 heterocycles. The number of furan rings is 1. The molecule has 2 rings (SSSR count). The van der Waals surface area contributed by atoms with E-state index in [9.17, 15) is 9.90 Å². The van der Waals surface area contributed by atoms with Crippen LogP contribution in [-0.2, 0) is 11.3 Å². The Labute approximate surface area is 150 Å². The molecule has 0 aliphatic rings. The van der Waals surface area contributed by atoms with Gasteiger partial charge in [-0.2, -0.15) is 5.26 Å². The van der Waals surface area contributed by atoms with Gasteiger partial charge in [0.25, 0.3) is 5.91 Å². The Balaban J connectivity index is 2.10. The second kappa shape index (κ2) is 8.99. The van der Waals surface area contributed by atoms with Crippen molar-refractivity contribution in [3.8, 4) is 23.3 Å². The maximum Gasteiger partial charge on any atom is 0.262 e. The Morgan fingerprint density at radius 3 is 2.58 bits per heavy atom. The largest absolute Gasteiger partial charge is 0.502 e. The number of ether oxygens (including phenoxy) is 2. The molecule has 0 bridgehead atoms. The maximum absolute atomic E-state index is 12.0. The van der Waals surface area contributed by atoms with Crippen LogP contribution >= 0.6 is 0 Å². The fourth-order valence-electron chi connectivity index (χ4n) is 2.10. The lowest BCUT2D eigenvalue weighted by molar-refractivity contribution is -0.117. The van der Waals surface area contributed by atoms with Crippen LogP contribution in [0.3, 0.4) is 0 Å². The second-order valence-corrected chi connectivity index (χ2v) is 5.09. The zero-order chi connectivity index (χ0) is 18.9. The number of amides is 1. The van der Waals surface area contributed by atoms with Crippen molar-refractivity contribution in [1.29, 1.82) is 5.26 Å². The lowest BCUT2D eigenvalue weighted by Gasteiger charge is -2.09. The number of nitrogens with zero attached hydrogens (tertiary/aromatic N) is 1. The van der Waals surface area contributed by atoms with Crippen molar-refractivity contribution in [2.45, 2.75) is 6.54 Å². The van der Waals surface area contributed by atoms with E-state index in [2.05, 4.69) is 5.32 Å². The Bertz CT molecular complexity index is 836. The van der Waals surface area contributed by atoms with Gasteiger partial charge in [0.1, 0.15) is 17.4 Å². The summed E-state index contributed by atoms with van der Waals surface area (Å²) in [6.07, 6.45) is 6.10. The van der Waals surface area contributed by atoms with Gasteiger partial charge >= 0.3 is 0 Å². The van der Waals surface area contributed by atoms with E-state index in [1.807, 2.05) is 6.07 Å². The molecule has 7 heteroatoms. The molecule has 134 valence electrons. The summed E-state index contributed by atoms with van der Waals surface area (Å²) in [5, 5.41) is 21.6. The third kappa shape index (κ3) is 4.68.